The van der Waals surface area contributed by atoms with Gasteiger partial charge in [0.15, 0.2) is 6.61 Å². The van der Waals surface area contributed by atoms with Gasteiger partial charge in [0.25, 0.3) is 5.91 Å². The van der Waals surface area contributed by atoms with Crippen molar-refractivity contribution in [1.29, 1.82) is 0 Å². The van der Waals surface area contributed by atoms with E-state index in [2.05, 4.69) is 10.6 Å². The number of anilines is 1. The summed E-state index contributed by atoms with van der Waals surface area (Å²) in [5.41, 5.74) is 0.872. The summed E-state index contributed by atoms with van der Waals surface area (Å²) in [4.78, 5) is 22.0. The molecule has 2 unspecified atom stereocenters. The Balaban J connectivity index is 2.10. The van der Waals surface area contributed by atoms with Gasteiger partial charge in [0.2, 0.25) is 5.91 Å². The van der Waals surface area contributed by atoms with Gasteiger partial charge in [-0.1, -0.05) is 6.07 Å². The number of amides is 2. The van der Waals surface area contributed by atoms with Gasteiger partial charge in [-0.15, -0.1) is 0 Å². The van der Waals surface area contributed by atoms with Crippen molar-refractivity contribution in [2.45, 2.75) is 19.1 Å². The van der Waals surface area contributed by atoms with Crippen LogP contribution in [0.15, 0.2) is 18.2 Å². The Morgan fingerprint density at radius 3 is 2.95 bits per heavy atom. The molecule has 1 heterocycles. The molecule has 0 bridgehead atoms. The summed E-state index contributed by atoms with van der Waals surface area (Å²) in [6.45, 7) is 1.22. The minimum Gasteiger partial charge on any atom is -0.482 e. The molecule has 0 radical (unpaired) electrons. The lowest BCUT2D eigenvalue weighted by Gasteiger charge is -2.22. The van der Waals surface area contributed by atoms with Crippen molar-refractivity contribution in [3.8, 4) is 5.75 Å². The quantitative estimate of drug-likeness (QED) is 0.597. The average Bonchev–Trinajstić information content (AvgIpc) is 2.43. The fourth-order valence-corrected chi connectivity index (χ4v) is 1.87. The molecule has 1 aromatic carbocycles. The van der Waals surface area contributed by atoms with Gasteiger partial charge < -0.3 is 25.6 Å². The van der Waals surface area contributed by atoms with Crippen molar-refractivity contribution in [3.05, 3.63) is 23.8 Å². The van der Waals surface area contributed by atoms with E-state index in [0.29, 0.717) is 17.0 Å². The van der Waals surface area contributed by atoms with Crippen LogP contribution in [0.4, 0.5) is 5.69 Å². The number of carbonyl (C=O) groups is 2. The van der Waals surface area contributed by atoms with Crippen LogP contribution in [-0.4, -0.2) is 41.3 Å². The number of fused-ring (bicyclic) bond motifs is 1. The predicted molar refractivity (Wildman–Crippen MR) is 70.2 cm³/mol. The van der Waals surface area contributed by atoms with Crippen LogP contribution in [0.3, 0.4) is 0 Å². The molecule has 4 N–H and O–H groups in total. The lowest BCUT2D eigenvalue weighted by Crippen LogP contribution is -2.34. The Bertz CT molecular complexity index is 531. The SMILES string of the molecule is CC(=O)NCC(O)C(O)c1ccc2c(c1)NC(=O)CO2. The van der Waals surface area contributed by atoms with Gasteiger partial charge in [0.05, 0.1) is 5.69 Å². The second kappa shape index (κ2) is 5.89. The average molecular weight is 280 g/mol. The smallest absolute Gasteiger partial charge is 0.262 e. The lowest BCUT2D eigenvalue weighted by atomic mass is 10.0. The zero-order chi connectivity index (χ0) is 14.7. The Kier molecular flexibility index (Phi) is 4.21. The highest BCUT2D eigenvalue weighted by Crippen LogP contribution is 2.31. The molecule has 0 fully saturated rings. The van der Waals surface area contributed by atoms with E-state index in [1.54, 1.807) is 12.1 Å². The number of nitrogens with one attached hydrogen (secondary N) is 2. The maximum Gasteiger partial charge on any atom is 0.262 e. The van der Waals surface area contributed by atoms with Crippen LogP contribution >= 0.6 is 0 Å². The monoisotopic (exact) mass is 280 g/mol. The molecule has 108 valence electrons. The maximum atomic E-state index is 11.2. The molecule has 20 heavy (non-hydrogen) atoms. The Morgan fingerprint density at radius 1 is 1.50 bits per heavy atom. The first kappa shape index (κ1) is 14.3. The van der Waals surface area contributed by atoms with Gasteiger partial charge >= 0.3 is 0 Å². The van der Waals surface area contributed by atoms with Crippen LogP contribution in [0.2, 0.25) is 0 Å². The van der Waals surface area contributed by atoms with E-state index in [1.165, 1.54) is 13.0 Å². The van der Waals surface area contributed by atoms with Crippen LogP contribution in [0.25, 0.3) is 0 Å². The third kappa shape index (κ3) is 3.25. The zero-order valence-corrected chi connectivity index (χ0v) is 10.9. The Hall–Kier alpha value is -2.12. The van der Waals surface area contributed by atoms with E-state index in [9.17, 15) is 19.8 Å². The molecule has 7 nitrogen and oxygen atoms in total. The van der Waals surface area contributed by atoms with Crippen molar-refractivity contribution in [2.75, 3.05) is 18.5 Å². The van der Waals surface area contributed by atoms with E-state index in [1.807, 2.05) is 0 Å². The van der Waals surface area contributed by atoms with E-state index in [4.69, 9.17) is 4.74 Å². The first-order valence-electron chi connectivity index (χ1n) is 6.14. The molecule has 2 atom stereocenters. The van der Waals surface area contributed by atoms with E-state index < -0.39 is 12.2 Å². The predicted octanol–water partition coefficient (Wildman–Crippen LogP) is -0.452. The molecule has 0 aromatic heterocycles. The standard InChI is InChI=1S/C13H16N2O5/c1-7(16)14-5-10(17)13(19)8-2-3-11-9(4-8)15-12(18)6-20-11/h2-4,10,13,17,19H,5-6H2,1H3,(H,14,16)(H,15,18). The van der Waals surface area contributed by atoms with Crippen molar-refractivity contribution in [2.24, 2.45) is 0 Å². The van der Waals surface area contributed by atoms with Gasteiger partial charge in [0.1, 0.15) is 18.0 Å². The largest absolute Gasteiger partial charge is 0.482 e. The summed E-state index contributed by atoms with van der Waals surface area (Å²) in [7, 11) is 0. The third-order valence-corrected chi connectivity index (χ3v) is 2.90. The fourth-order valence-electron chi connectivity index (χ4n) is 1.87. The van der Waals surface area contributed by atoms with E-state index >= 15 is 0 Å². The molecule has 2 rings (SSSR count). The Labute approximate surface area is 115 Å². The summed E-state index contributed by atoms with van der Waals surface area (Å²) >= 11 is 0. The number of benzene rings is 1. The number of rotatable bonds is 4. The fraction of sp³-hybridized carbons (Fsp3) is 0.385. The number of hydrogen-bond donors (Lipinski definition) is 4. The van der Waals surface area contributed by atoms with Crippen LogP contribution < -0.4 is 15.4 Å². The van der Waals surface area contributed by atoms with Crippen molar-refractivity contribution < 1.29 is 24.5 Å². The highest BCUT2D eigenvalue weighted by atomic mass is 16.5. The zero-order valence-electron chi connectivity index (χ0n) is 10.9. The van der Waals surface area contributed by atoms with Gasteiger partial charge in [-0.2, -0.15) is 0 Å². The first-order valence-corrected chi connectivity index (χ1v) is 6.14. The van der Waals surface area contributed by atoms with Crippen LogP contribution in [0.5, 0.6) is 5.75 Å². The molecule has 0 spiro atoms. The van der Waals surface area contributed by atoms with E-state index in [-0.39, 0.29) is 25.0 Å². The summed E-state index contributed by atoms with van der Waals surface area (Å²) in [6.07, 6.45) is -2.32. The minimum absolute atomic E-state index is 0.0416. The normalized spacial score (nSPS) is 16.4. The molecule has 1 aliphatic rings. The van der Waals surface area contributed by atoms with Crippen molar-refractivity contribution in [1.82, 2.24) is 5.32 Å². The summed E-state index contributed by atoms with van der Waals surface area (Å²) in [6, 6.07) is 4.74. The molecule has 1 aromatic rings. The maximum absolute atomic E-state index is 11.2. The topological polar surface area (TPSA) is 108 Å². The molecular formula is C13H16N2O5. The third-order valence-electron chi connectivity index (χ3n) is 2.90. The molecule has 0 saturated heterocycles. The van der Waals surface area contributed by atoms with Gasteiger partial charge in [-0.05, 0) is 17.7 Å². The molecule has 2 amide bonds. The second-order valence-electron chi connectivity index (χ2n) is 4.54. The number of carbonyl (C=O) groups excluding carboxylic acids is 2. The molecule has 0 saturated carbocycles. The van der Waals surface area contributed by atoms with Gasteiger partial charge in [-0.25, -0.2) is 0 Å². The number of aliphatic hydroxyl groups is 2. The molecule has 7 heteroatoms. The van der Waals surface area contributed by atoms with Gasteiger partial charge in [-0.3, -0.25) is 9.59 Å². The highest BCUT2D eigenvalue weighted by molar-refractivity contribution is 5.95. The number of ether oxygens (including phenoxy) is 1. The number of aliphatic hydroxyl groups excluding tert-OH is 2. The summed E-state index contributed by atoms with van der Waals surface area (Å²) in [5, 5.41) is 24.8. The van der Waals surface area contributed by atoms with E-state index in [0.717, 1.165) is 0 Å². The summed E-state index contributed by atoms with van der Waals surface area (Å²) in [5.74, 6) is -0.0535. The van der Waals surface area contributed by atoms with Crippen LogP contribution in [-0.2, 0) is 9.59 Å². The molecular weight excluding hydrogens is 264 g/mol. The first-order chi connectivity index (χ1) is 9.47. The second-order valence-corrected chi connectivity index (χ2v) is 4.54. The minimum atomic E-state index is -1.18. The highest BCUT2D eigenvalue weighted by Gasteiger charge is 2.22. The van der Waals surface area contributed by atoms with Crippen molar-refractivity contribution >= 4 is 17.5 Å². The molecule has 0 aliphatic carbocycles. The van der Waals surface area contributed by atoms with Crippen molar-refractivity contribution in [3.63, 3.8) is 0 Å². The Morgan fingerprint density at radius 2 is 2.25 bits per heavy atom. The summed E-state index contributed by atoms with van der Waals surface area (Å²) < 4.78 is 5.20. The van der Waals surface area contributed by atoms with Crippen LogP contribution in [0, 0.1) is 0 Å². The van der Waals surface area contributed by atoms with Gasteiger partial charge in [0, 0.05) is 13.5 Å². The number of hydrogen-bond acceptors (Lipinski definition) is 5. The molecule has 1 aliphatic heterocycles. The van der Waals surface area contributed by atoms with Crippen LogP contribution in [0.1, 0.15) is 18.6 Å². The lowest BCUT2D eigenvalue weighted by molar-refractivity contribution is -0.120.